The van der Waals surface area contributed by atoms with Crippen LogP contribution in [0.15, 0.2) is 23.1 Å². The van der Waals surface area contributed by atoms with Gasteiger partial charge < -0.3 is 5.73 Å². The molecule has 0 aliphatic rings. The first-order valence-electron chi connectivity index (χ1n) is 5.87. The van der Waals surface area contributed by atoms with Crippen molar-refractivity contribution in [3.63, 3.8) is 0 Å². The van der Waals surface area contributed by atoms with Gasteiger partial charge in [-0.2, -0.15) is 0 Å². The van der Waals surface area contributed by atoms with Crippen LogP contribution < -0.4 is 10.5 Å². The largest absolute Gasteiger partial charge is 0.399 e. The molecule has 108 valence electrons. The zero-order valence-corrected chi connectivity index (χ0v) is 12.6. The van der Waals surface area contributed by atoms with Gasteiger partial charge in [-0.3, -0.25) is 4.72 Å². The molecule has 0 saturated heterocycles. The molecule has 0 bridgehead atoms. The number of aromatic nitrogens is 1. The van der Waals surface area contributed by atoms with Gasteiger partial charge in [0.2, 0.25) is 0 Å². The van der Waals surface area contributed by atoms with Crippen LogP contribution >= 0.6 is 11.3 Å². The second-order valence-corrected chi connectivity index (χ2v) is 7.02. The molecular weight excluding hydrogens is 301 g/mol. The number of benzene rings is 1. The Bertz CT molecular complexity index is 741. The number of nitrogens with one attached hydrogen (secondary N) is 1. The van der Waals surface area contributed by atoms with Crippen LogP contribution in [0, 0.1) is 12.7 Å². The number of nitrogens with zero attached hydrogens (tertiary/aromatic N) is 1. The summed E-state index contributed by atoms with van der Waals surface area (Å²) in [6.45, 7) is 3.79. The average molecular weight is 315 g/mol. The summed E-state index contributed by atoms with van der Waals surface area (Å²) in [6, 6.07) is 3.44. The van der Waals surface area contributed by atoms with Gasteiger partial charge in [0.25, 0.3) is 10.0 Å². The summed E-state index contributed by atoms with van der Waals surface area (Å²) in [4.78, 5) is 4.65. The zero-order chi connectivity index (χ0) is 14.9. The summed E-state index contributed by atoms with van der Waals surface area (Å²) in [6.07, 6.45) is 0.709. The van der Waals surface area contributed by atoms with Gasteiger partial charge in [0.15, 0.2) is 5.13 Å². The van der Waals surface area contributed by atoms with Gasteiger partial charge in [-0.05, 0) is 31.5 Å². The molecule has 0 radical (unpaired) electrons. The monoisotopic (exact) mass is 315 g/mol. The van der Waals surface area contributed by atoms with E-state index in [1.807, 2.05) is 13.8 Å². The van der Waals surface area contributed by atoms with Crippen LogP contribution in [0.3, 0.4) is 0 Å². The van der Waals surface area contributed by atoms with Crippen molar-refractivity contribution in [1.29, 1.82) is 0 Å². The molecule has 0 spiro atoms. The van der Waals surface area contributed by atoms with Crippen molar-refractivity contribution in [2.75, 3.05) is 10.5 Å². The van der Waals surface area contributed by atoms with E-state index >= 15 is 0 Å². The minimum absolute atomic E-state index is 0.166. The van der Waals surface area contributed by atoms with E-state index in [0.717, 1.165) is 22.7 Å². The fourth-order valence-electron chi connectivity index (χ4n) is 1.70. The fourth-order valence-corrected chi connectivity index (χ4v) is 3.90. The molecule has 20 heavy (non-hydrogen) atoms. The SMILES string of the molecule is CCc1nc(NS(=O)(=O)c2ccc(N)cc2F)sc1C. The third-order valence-electron chi connectivity index (χ3n) is 2.69. The molecule has 3 N–H and O–H groups in total. The lowest BCUT2D eigenvalue weighted by Crippen LogP contribution is -2.14. The molecule has 0 unspecified atom stereocenters. The number of aryl methyl sites for hydroxylation is 2. The van der Waals surface area contributed by atoms with Gasteiger partial charge in [0.05, 0.1) is 5.69 Å². The van der Waals surface area contributed by atoms with E-state index in [1.165, 1.54) is 17.4 Å². The Morgan fingerprint density at radius 1 is 1.45 bits per heavy atom. The molecule has 2 rings (SSSR count). The summed E-state index contributed by atoms with van der Waals surface area (Å²) in [5.74, 6) is -0.888. The Kier molecular flexibility index (Phi) is 3.96. The molecule has 5 nitrogen and oxygen atoms in total. The van der Waals surface area contributed by atoms with Crippen LogP contribution in [0.1, 0.15) is 17.5 Å². The van der Waals surface area contributed by atoms with E-state index in [1.54, 1.807) is 0 Å². The van der Waals surface area contributed by atoms with Gasteiger partial charge in [0.1, 0.15) is 10.7 Å². The van der Waals surface area contributed by atoms with Crippen LogP contribution in [0.2, 0.25) is 0 Å². The molecular formula is C12H14FN3O2S2. The molecule has 0 amide bonds. The molecule has 0 aliphatic heterocycles. The highest BCUT2D eigenvalue weighted by Gasteiger charge is 2.21. The lowest BCUT2D eigenvalue weighted by molar-refractivity contribution is 0.571. The topological polar surface area (TPSA) is 85.1 Å². The van der Waals surface area contributed by atoms with Crippen LogP contribution in [0.25, 0.3) is 0 Å². The highest BCUT2D eigenvalue weighted by Crippen LogP contribution is 2.26. The fraction of sp³-hybridized carbons (Fsp3) is 0.250. The normalized spacial score (nSPS) is 11.6. The van der Waals surface area contributed by atoms with Crippen molar-refractivity contribution in [3.05, 3.63) is 34.6 Å². The predicted molar refractivity (Wildman–Crippen MR) is 77.8 cm³/mol. The number of sulfonamides is 1. The molecule has 0 atom stereocenters. The lowest BCUT2D eigenvalue weighted by Gasteiger charge is -2.06. The van der Waals surface area contributed by atoms with Gasteiger partial charge in [-0.25, -0.2) is 17.8 Å². The molecule has 8 heteroatoms. The van der Waals surface area contributed by atoms with Crippen molar-refractivity contribution in [1.82, 2.24) is 4.98 Å². The maximum atomic E-state index is 13.7. The first-order chi connectivity index (χ1) is 9.33. The van der Waals surface area contributed by atoms with Crippen molar-refractivity contribution in [2.24, 2.45) is 0 Å². The first-order valence-corrected chi connectivity index (χ1v) is 8.17. The van der Waals surface area contributed by atoms with Crippen LogP contribution in [0.5, 0.6) is 0 Å². The Balaban J connectivity index is 2.35. The van der Waals surface area contributed by atoms with E-state index in [4.69, 9.17) is 5.73 Å². The second kappa shape index (κ2) is 5.37. The summed E-state index contributed by atoms with van der Waals surface area (Å²) >= 11 is 1.22. The minimum atomic E-state index is -4.01. The maximum absolute atomic E-state index is 13.7. The van der Waals surface area contributed by atoms with Crippen molar-refractivity contribution in [2.45, 2.75) is 25.2 Å². The molecule has 1 aromatic carbocycles. The number of rotatable bonds is 4. The van der Waals surface area contributed by atoms with Gasteiger partial charge in [-0.1, -0.05) is 6.92 Å². The third kappa shape index (κ3) is 2.91. The molecule has 1 heterocycles. The number of hydrogen-bond donors (Lipinski definition) is 2. The number of thiazole rings is 1. The molecule has 0 fully saturated rings. The Hall–Kier alpha value is -1.67. The van der Waals surface area contributed by atoms with Crippen molar-refractivity contribution >= 4 is 32.2 Å². The number of hydrogen-bond acceptors (Lipinski definition) is 5. The van der Waals surface area contributed by atoms with Crippen molar-refractivity contribution in [3.8, 4) is 0 Å². The molecule has 0 aliphatic carbocycles. The van der Waals surface area contributed by atoms with Crippen molar-refractivity contribution < 1.29 is 12.8 Å². The number of nitrogens with two attached hydrogens (primary N) is 1. The molecule has 1 aromatic heterocycles. The smallest absolute Gasteiger partial charge is 0.266 e. The summed E-state index contributed by atoms with van der Waals surface area (Å²) < 4.78 is 40.2. The van der Waals surface area contributed by atoms with Gasteiger partial charge in [0, 0.05) is 10.6 Å². The highest BCUT2D eigenvalue weighted by molar-refractivity contribution is 7.93. The maximum Gasteiger partial charge on any atom is 0.266 e. The summed E-state index contributed by atoms with van der Waals surface area (Å²) in [5.41, 5.74) is 6.39. The molecule has 0 saturated carbocycles. The number of nitrogen functional groups attached to an aromatic ring is 1. The van der Waals surface area contributed by atoms with Crippen LogP contribution in [-0.2, 0) is 16.4 Å². The minimum Gasteiger partial charge on any atom is -0.399 e. The third-order valence-corrected chi connectivity index (χ3v) is 5.12. The number of anilines is 2. The van der Waals surface area contributed by atoms with Crippen LogP contribution in [0.4, 0.5) is 15.2 Å². The van der Waals surface area contributed by atoms with E-state index in [9.17, 15) is 12.8 Å². The van der Waals surface area contributed by atoms with E-state index < -0.39 is 20.7 Å². The Morgan fingerprint density at radius 2 is 2.15 bits per heavy atom. The van der Waals surface area contributed by atoms with E-state index in [2.05, 4.69) is 9.71 Å². The lowest BCUT2D eigenvalue weighted by atomic mass is 10.3. The zero-order valence-electron chi connectivity index (χ0n) is 11.0. The standard InChI is InChI=1S/C12H14FN3O2S2/c1-3-10-7(2)19-12(15-10)16-20(17,18)11-5-4-8(14)6-9(11)13/h4-6H,3,14H2,1-2H3,(H,15,16). The van der Waals surface area contributed by atoms with Gasteiger partial charge >= 0.3 is 0 Å². The molecule has 2 aromatic rings. The van der Waals surface area contributed by atoms with Crippen LogP contribution in [-0.4, -0.2) is 13.4 Å². The van der Waals surface area contributed by atoms with E-state index in [0.29, 0.717) is 6.42 Å². The second-order valence-electron chi connectivity index (χ2n) is 4.17. The van der Waals surface area contributed by atoms with E-state index in [-0.39, 0.29) is 10.8 Å². The average Bonchev–Trinajstić information content (AvgIpc) is 2.67. The Morgan fingerprint density at radius 3 is 2.70 bits per heavy atom. The highest BCUT2D eigenvalue weighted by atomic mass is 32.2. The Labute approximate surface area is 120 Å². The summed E-state index contributed by atoms with van der Waals surface area (Å²) in [5, 5.41) is 0.232. The number of halogens is 1. The van der Waals surface area contributed by atoms with Gasteiger partial charge in [-0.15, -0.1) is 11.3 Å². The quantitative estimate of drug-likeness (QED) is 0.849. The summed E-state index contributed by atoms with van der Waals surface area (Å²) in [7, 11) is -4.01. The predicted octanol–water partition coefficient (Wildman–Crippen LogP) is 2.54. The first kappa shape index (κ1) is 14.7.